The fraction of sp³-hybridized carbons (Fsp3) is 0. The predicted molar refractivity (Wildman–Crippen MR) is 229 cm³/mol. The monoisotopic (exact) mass is 743 g/mol. The van der Waals surface area contributed by atoms with Crippen LogP contribution in [0.5, 0.6) is 0 Å². The zero-order chi connectivity index (χ0) is 48.8. The number of rotatable bonds is 5. The number of pyridine rings is 2. The van der Waals surface area contributed by atoms with Crippen molar-refractivity contribution in [3.8, 4) is 40.1 Å². The van der Waals surface area contributed by atoms with E-state index >= 15 is 0 Å². The number of benzene rings is 6. The van der Waals surface area contributed by atoms with Gasteiger partial charge < -0.3 is 9.13 Å². The largest absolute Gasteiger partial charge is 0.305 e. The van der Waals surface area contributed by atoms with Crippen molar-refractivity contribution in [3.05, 3.63) is 182 Å². The number of nitrogens with zero attached hydrogens (tertiary/aromatic N) is 8. The fourth-order valence-corrected chi connectivity index (χ4v) is 7.87. The predicted octanol–water partition coefficient (Wildman–Crippen LogP) is 11.3. The van der Waals surface area contributed by atoms with Crippen LogP contribution in [0.2, 0.25) is 0 Å². The molecule has 0 aliphatic carbocycles. The smallest absolute Gasteiger partial charge is 0.238 e. The van der Waals surface area contributed by atoms with Crippen LogP contribution in [0.4, 0.5) is 0 Å². The Bertz CT molecular complexity index is 4100. The van der Waals surface area contributed by atoms with E-state index < -0.39 is 95.9 Å². The van der Waals surface area contributed by atoms with Crippen LogP contribution in [0, 0.1) is 0 Å². The summed E-state index contributed by atoms with van der Waals surface area (Å²) in [4.78, 5) is 24.3. The second kappa shape index (κ2) is 12.3. The molecule has 0 saturated carbocycles. The Morgan fingerprint density at radius 3 is 1.65 bits per heavy atom. The molecule has 8 heteroatoms. The van der Waals surface area contributed by atoms with Gasteiger partial charge in [0.1, 0.15) is 0 Å². The van der Waals surface area contributed by atoms with E-state index in [1.807, 2.05) is 83.4 Å². The van der Waals surface area contributed by atoms with Crippen LogP contribution in [-0.4, -0.2) is 38.6 Å². The van der Waals surface area contributed by atoms with Gasteiger partial charge in [0.05, 0.1) is 73.3 Å². The summed E-state index contributed by atoms with van der Waals surface area (Å²) in [5.74, 6) is -1.02. The number of hydrogen-bond acceptors (Lipinski definition) is 5. The first-order valence-electron chi connectivity index (χ1n) is 24.4. The minimum Gasteiger partial charge on any atom is -0.305 e. The first-order valence-corrected chi connectivity index (χ1v) is 17.9. The Balaban J connectivity index is 1.31. The molecule has 6 heterocycles. The van der Waals surface area contributed by atoms with Crippen LogP contribution in [0.25, 0.3) is 106 Å². The van der Waals surface area contributed by atoms with Crippen molar-refractivity contribution in [1.29, 1.82) is 0 Å². The summed E-state index contributed by atoms with van der Waals surface area (Å²) in [6.45, 7) is 0. The lowest BCUT2D eigenvalue weighted by atomic mass is 10.1. The van der Waals surface area contributed by atoms with E-state index in [1.54, 1.807) is 24.5 Å². The van der Waals surface area contributed by atoms with Gasteiger partial charge in [0.2, 0.25) is 5.95 Å². The van der Waals surface area contributed by atoms with E-state index in [9.17, 15) is 2.74 Å². The molecule has 0 fully saturated rings. The third kappa shape index (κ3) is 4.64. The van der Waals surface area contributed by atoms with Crippen LogP contribution >= 0.6 is 0 Å². The molecule has 0 unspecified atom stereocenters. The molecule has 0 radical (unpaired) electrons. The van der Waals surface area contributed by atoms with E-state index in [0.717, 1.165) is 37.4 Å². The van der Waals surface area contributed by atoms with Crippen LogP contribution in [0.3, 0.4) is 0 Å². The summed E-state index contributed by atoms with van der Waals surface area (Å²) in [6, 6.07) is 20.1. The second-order valence-electron chi connectivity index (χ2n) is 13.2. The van der Waals surface area contributed by atoms with E-state index in [2.05, 4.69) is 4.57 Å². The molecule has 0 spiro atoms. The summed E-state index contributed by atoms with van der Waals surface area (Å²) in [5, 5.41) is 1.21. The maximum absolute atomic E-state index is 9.26. The Morgan fingerprint density at radius 2 is 0.965 bits per heavy atom. The Morgan fingerprint density at radius 1 is 0.404 bits per heavy atom. The standard InChI is InChI=1S/C49H30N8/c1-2-15-31(16-3-1)47-52-48(54-49(53-47)57-37-22-8-4-17-32(37)33-18-5-9-23-38(33)57)36-21-12-26-43(55-39-24-10-6-19-34(39)44-41(55)27-13-29-50-44)46(36)56-40-25-11-7-20-35(40)45-42(56)28-14-30-51-45/h1-30H/i1D,2D,3D,4D,5D,8D,9D,15D,16D,17D,18D,22D,23D. The van der Waals surface area contributed by atoms with Gasteiger partial charge in [-0.05, 0) is 60.6 Å². The average molecular weight is 744 g/mol. The van der Waals surface area contributed by atoms with E-state index in [4.69, 9.17) is 40.0 Å². The van der Waals surface area contributed by atoms with Gasteiger partial charge in [-0.15, -0.1) is 0 Å². The normalized spacial score (nSPS) is 15.1. The number of aromatic nitrogens is 8. The lowest BCUT2D eigenvalue weighted by molar-refractivity contribution is 0.950. The molecule has 12 aromatic rings. The minimum atomic E-state index is -0.681. The fourth-order valence-electron chi connectivity index (χ4n) is 7.87. The third-order valence-electron chi connectivity index (χ3n) is 10.2. The first-order chi connectivity index (χ1) is 33.7. The van der Waals surface area contributed by atoms with Crippen molar-refractivity contribution >= 4 is 65.7 Å². The zero-order valence-electron chi connectivity index (χ0n) is 42.4. The SMILES string of the molecule is [2H]c1c([2H])c([2H])c(-c2nc(-c3cccc(-n4c5ccccc5c5ncccc54)c3-n3c4ccccc4c4ncccc43)nc(-n3c4c([2H])c([2H])c([2H])c([2H])c4c4c([2H])c([2H])c([2H])c([2H])c43)n2)c([2H])c1[2H]. The molecule has 0 saturated heterocycles. The van der Waals surface area contributed by atoms with E-state index in [0.29, 0.717) is 28.0 Å². The van der Waals surface area contributed by atoms with Gasteiger partial charge in [0.25, 0.3) is 0 Å². The number of hydrogen-bond donors (Lipinski definition) is 0. The van der Waals surface area contributed by atoms with Crippen molar-refractivity contribution in [2.45, 2.75) is 0 Å². The maximum Gasteiger partial charge on any atom is 0.238 e. The molecule has 0 bridgehead atoms. The lowest BCUT2D eigenvalue weighted by Crippen LogP contribution is -2.10. The summed E-state index contributed by atoms with van der Waals surface area (Å²) in [7, 11) is 0. The van der Waals surface area contributed by atoms with Crippen LogP contribution in [0.15, 0.2) is 182 Å². The molecule has 0 aliphatic heterocycles. The highest BCUT2D eigenvalue weighted by atomic mass is 15.2. The van der Waals surface area contributed by atoms with Crippen LogP contribution in [0.1, 0.15) is 17.8 Å². The van der Waals surface area contributed by atoms with Gasteiger partial charge in [0.15, 0.2) is 11.6 Å². The van der Waals surface area contributed by atoms with Gasteiger partial charge in [-0.3, -0.25) is 14.5 Å². The maximum atomic E-state index is 9.26. The highest BCUT2D eigenvalue weighted by Crippen LogP contribution is 2.41. The molecule has 6 aromatic heterocycles. The summed E-state index contributed by atoms with van der Waals surface area (Å²) in [5.41, 5.74) is 4.77. The van der Waals surface area contributed by atoms with Gasteiger partial charge in [-0.25, -0.2) is 4.98 Å². The van der Waals surface area contributed by atoms with Crippen molar-refractivity contribution < 1.29 is 17.8 Å². The molecule has 0 aliphatic rings. The van der Waals surface area contributed by atoms with Gasteiger partial charge in [-0.1, -0.05) is 109 Å². The first kappa shape index (κ1) is 21.2. The highest BCUT2D eigenvalue weighted by Gasteiger charge is 2.25. The van der Waals surface area contributed by atoms with Crippen LogP contribution in [-0.2, 0) is 0 Å². The summed E-state index contributed by atoms with van der Waals surface area (Å²) in [6.07, 6.45) is 3.42. The Labute approximate surface area is 343 Å². The minimum absolute atomic E-state index is 0.144. The Hall–Kier alpha value is -7.97. The topological polar surface area (TPSA) is 79.2 Å². The molecule has 12 rings (SSSR count). The summed E-state index contributed by atoms with van der Waals surface area (Å²) >= 11 is 0. The molecule has 57 heavy (non-hydrogen) atoms. The third-order valence-corrected chi connectivity index (χ3v) is 10.2. The van der Waals surface area contributed by atoms with Crippen molar-refractivity contribution in [2.24, 2.45) is 0 Å². The number of para-hydroxylation sites is 5. The van der Waals surface area contributed by atoms with Crippen molar-refractivity contribution in [1.82, 2.24) is 38.6 Å². The number of fused-ring (bicyclic) bond motifs is 9. The molecule has 266 valence electrons. The Kier molecular flexibility index (Phi) is 4.57. The van der Waals surface area contributed by atoms with Gasteiger partial charge in [-0.2, -0.15) is 9.97 Å². The van der Waals surface area contributed by atoms with Gasteiger partial charge >= 0.3 is 0 Å². The van der Waals surface area contributed by atoms with Gasteiger partial charge in [0, 0.05) is 45.1 Å². The van der Waals surface area contributed by atoms with E-state index in [1.165, 1.54) is 0 Å². The molecular formula is C49H30N8. The van der Waals surface area contributed by atoms with Crippen molar-refractivity contribution in [2.75, 3.05) is 0 Å². The second-order valence-corrected chi connectivity index (χ2v) is 13.2. The molecular weight excluding hydrogens is 701 g/mol. The van der Waals surface area contributed by atoms with E-state index in [-0.39, 0.29) is 27.6 Å². The molecule has 0 N–H and O–H groups in total. The molecule has 0 atom stereocenters. The quantitative estimate of drug-likeness (QED) is 0.175. The zero-order valence-corrected chi connectivity index (χ0v) is 29.4. The lowest BCUT2D eigenvalue weighted by Gasteiger charge is -2.20. The molecule has 8 nitrogen and oxygen atoms in total. The molecule has 0 amide bonds. The van der Waals surface area contributed by atoms with Crippen LogP contribution < -0.4 is 0 Å². The molecule has 6 aromatic carbocycles. The highest BCUT2D eigenvalue weighted by molar-refractivity contribution is 6.11. The average Bonchev–Trinajstić information content (AvgIpc) is 4.04. The van der Waals surface area contributed by atoms with Crippen molar-refractivity contribution in [3.63, 3.8) is 0 Å². The summed E-state index contributed by atoms with van der Waals surface area (Å²) < 4.78 is 121.